The smallest absolute Gasteiger partial charge is 0.0306 e. The van der Waals surface area contributed by atoms with Gasteiger partial charge < -0.3 is 5.73 Å². The first-order valence-corrected chi connectivity index (χ1v) is 5.35. The Hall–Kier alpha value is -0.340. The van der Waals surface area contributed by atoms with Gasteiger partial charge in [0.1, 0.15) is 0 Å². The van der Waals surface area contributed by atoms with E-state index >= 15 is 0 Å². The molecule has 0 saturated carbocycles. The minimum absolute atomic E-state index is 0.211. The van der Waals surface area contributed by atoms with Gasteiger partial charge in [0.05, 0.1) is 0 Å². The van der Waals surface area contributed by atoms with Crippen LogP contribution in [0.2, 0.25) is 0 Å². The summed E-state index contributed by atoms with van der Waals surface area (Å²) in [5.74, 6) is 0. The minimum atomic E-state index is 0.211. The van der Waals surface area contributed by atoms with Crippen molar-refractivity contribution < 1.29 is 0 Å². The molecule has 13 heavy (non-hydrogen) atoms. The van der Waals surface area contributed by atoms with E-state index in [1.165, 1.54) is 11.1 Å². The summed E-state index contributed by atoms with van der Waals surface area (Å²) in [4.78, 5) is 0. The molecule has 1 aliphatic rings. The van der Waals surface area contributed by atoms with Crippen molar-refractivity contribution in [2.24, 2.45) is 5.73 Å². The molecule has 0 saturated heterocycles. The third kappa shape index (κ3) is 1.42. The van der Waals surface area contributed by atoms with Crippen molar-refractivity contribution in [2.45, 2.75) is 31.7 Å². The fraction of sp³-hybridized carbons (Fsp3) is 0.455. The molecule has 1 aromatic carbocycles. The number of fused-ring (bicyclic) bond motifs is 1. The number of benzene rings is 1. The highest BCUT2D eigenvalue weighted by molar-refractivity contribution is 9.10. The zero-order chi connectivity index (χ0) is 9.64. The van der Waals surface area contributed by atoms with Crippen LogP contribution in [0.1, 0.15) is 37.4 Å². The SMILES string of the molecule is CC1(C)C[C@H](N)c2cc(Br)ccc21. The summed E-state index contributed by atoms with van der Waals surface area (Å²) >= 11 is 3.47. The topological polar surface area (TPSA) is 26.0 Å². The lowest BCUT2D eigenvalue weighted by Gasteiger charge is -2.18. The largest absolute Gasteiger partial charge is 0.324 e. The molecule has 0 fully saturated rings. The number of hydrogen-bond donors (Lipinski definition) is 1. The van der Waals surface area contributed by atoms with Crippen LogP contribution in [0, 0.1) is 0 Å². The zero-order valence-corrected chi connectivity index (χ0v) is 9.56. The maximum absolute atomic E-state index is 6.07. The Morgan fingerprint density at radius 1 is 1.46 bits per heavy atom. The molecule has 1 aromatic rings. The first kappa shape index (κ1) is 9.22. The van der Waals surface area contributed by atoms with E-state index in [0.717, 1.165) is 10.9 Å². The predicted octanol–water partition coefficient (Wildman–Crippen LogP) is 3.13. The van der Waals surface area contributed by atoms with E-state index in [4.69, 9.17) is 5.73 Å². The second kappa shape index (κ2) is 2.82. The number of hydrogen-bond acceptors (Lipinski definition) is 1. The minimum Gasteiger partial charge on any atom is -0.324 e. The third-order valence-corrected chi connectivity index (χ3v) is 3.37. The Labute approximate surface area is 87.5 Å². The Morgan fingerprint density at radius 2 is 2.15 bits per heavy atom. The van der Waals surface area contributed by atoms with E-state index in [-0.39, 0.29) is 11.5 Å². The van der Waals surface area contributed by atoms with Crippen LogP contribution in [0.25, 0.3) is 0 Å². The summed E-state index contributed by atoms with van der Waals surface area (Å²) in [6.07, 6.45) is 1.05. The molecule has 2 heteroatoms. The summed E-state index contributed by atoms with van der Waals surface area (Å²) in [6.45, 7) is 4.51. The highest BCUT2D eigenvalue weighted by atomic mass is 79.9. The van der Waals surface area contributed by atoms with Crippen LogP contribution in [0.15, 0.2) is 22.7 Å². The Bertz CT molecular complexity index is 344. The van der Waals surface area contributed by atoms with Gasteiger partial charge in [-0.25, -0.2) is 0 Å². The van der Waals surface area contributed by atoms with E-state index in [9.17, 15) is 0 Å². The summed E-state index contributed by atoms with van der Waals surface area (Å²) in [5, 5.41) is 0. The molecular weight excluding hydrogens is 226 g/mol. The summed E-state index contributed by atoms with van der Waals surface area (Å²) in [6, 6.07) is 6.64. The fourth-order valence-corrected chi connectivity index (χ4v) is 2.61. The molecule has 1 aliphatic carbocycles. The molecule has 2 rings (SSSR count). The van der Waals surface area contributed by atoms with Crippen molar-refractivity contribution in [1.82, 2.24) is 0 Å². The van der Waals surface area contributed by atoms with Crippen molar-refractivity contribution in [1.29, 1.82) is 0 Å². The number of halogens is 1. The molecule has 0 radical (unpaired) electrons. The van der Waals surface area contributed by atoms with Gasteiger partial charge >= 0.3 is 0 Å². The van der Waals surface area contributed by atoms with Crippen molar-refractivity contribution in [3.05, 3.63) is 33.8 Å². The first-order valence-electron chi connectivity index (χ1n) is 4.56. The Balaban J connectivity index is 2.59. The zero-order valence-electron chi connectivity index (χ0n) is 7.97. The molecule has 1 nitrogen and oxygen atoms in total. The molecule has 0 aliphatic heterocycles. The average molecular weight is 240 g/mol. The second-order valence-corrected chi connectivity index (χ2v) is 5.34. The van der Waals surface area contributed by atoms with Crippen molar-refractivity contribution in [3.8, 4) is 0 Å². The van der Waals surface area contributed by atoms with E-state index in [1.54, 1.807) is 0 Å². The van der Waals surface area contributed by atoms with Gasteiger partial charge in [-0.3, -0.25) is 0 Å². The van der Waals surface area contributed by atoms with Gasteiger partial charge in [-0.1, -0.05) is 35.8 Å². The first-order chi connectivity index (χ1) is 6.00. The van der Waals surface area contributed by atoms with Crippen LogP contribution in [-0.2, 0) is 5.41 Å². The van der Waals surface area contributed by atoms with E-state index in [0.29, 0.717) is 0 Å². The molecule has 1 atom stereocenters. The van der Waals surface area contributed by atoms with Gasteiger partial charge in [0.2, 0.25) is 0 Å². The predicted molar refractivity (Wildman–Crippen MR) is 58.7 cm³/mol. The Morgan fingerprint density at radius 3 is 2.85 bits per heavy atom. The van der Waals surface area contributed by atoms with Crippen LogP contribution >= 0.6 is 15.9 Å². The van der Waals surface area contributed by atoms with Gasteiger partial charge in [-0.15, -0.1) is 0 Å². The lowest BCUT2D eigenvalue weighted by molar-refractivity contribution is 0.481. The molecular formula is C11H14BrN. The lowest BCUT2D eigenvalue weighted by atomic mass is 9.86. The van der Waals surface area contributed by atoms with Gasteiger partial charge in [0, 0.05) is 10.5 Å². The Kier molecular flexibility index (Phi) is 2.00. The molecule has 70 valence electrons. The van der Waals surface area contributed by atoms with Crippen LogP contribution in [0.5, 0.6) is 0 Å². The maximum Gasteiger partial charge on any atom is 0.0306 e. The van der Waals surface area contributed by atoms with Crippen LogP contribution in [0.4, 0.5) is 0 Å². The molecule has 2 N–H and O–H groups in total. The van der Waals surface area contributed by atoms with Crippen molar-refractivity contribution >= 4 is 15.9 Å². The molecule has 0 heterocycles. The van der Waals surface area contributed by atoms with E-state index in [2.05, 4.69) is 48.0 Å². The molecule has 0 aromatic heterocycles. The highest BCUT2D eigenvalue weighted by Crippen LogP contribution is 2.43. The molecule has 0 amide bonds. The van der Waals surface area contributed by atoms with Gasteiger partial charge in [0.15, 0.2) is 0 Å². The maximum atomic E-state index is 6.07. The van der Waals surface area contributed by atoms with Crippen molar-refractivity contribution in [2.75, 3.05) is 0 Å². The highest BCUT2D eigenvalue weighted by Gasteiger charge is 2.34. The normalized spacial score (nSPS) is 24.5. The fourth-order valence-electron chi connectivity index (χ4n) is 2.23. The number of rotatable bonds is 0. The summed E-state index contributed by atoms with van der Waals surface area (Å²) in [5.41, 5.74) is 9.03. The van der Waals surface area contributed by atoms with Gasteiger partial charge in [-0.2, -0.15) is 0 Å². The molecule has 0 unspecified atom stereocenters. The van der Waals surface area contributed by atoms with E-state index in [1.807, 2.05) is 0 Å². The van der Waals surface area contributed by atoms with E-state index < -0.39 is 0 Å². The third-order valence-electron chi connectivity index (χ3n) is 2.87. The van der Waals surface area contributed by atoms with Crippen LogP contribution < -0.4 is 5.73 Å². The standard InChI is InChI=1S/C11H14BrN/c1-11(2)6-10(13)8-5-7(12)3-4-9(8)11/h3-5,10H,6,13H2,1-2H3/t10-/m0/s1. The number of nitrogens with two attached hydrogens (primary N) is 1. The molecule has 0 bridgehead atoms. The average Bonchev–Trinajstić information content (AvgIpc) is 2.22. The van der Waals surface area contributed by atoms with Crippen molar-refractivity contribution in [3.63, 3.8) is 0 Å². The quantitative estimate of drug-likeness (QED) is 0.740. The van der Waals surface area contributed by atoms with Gasteiger partial charge in [0.25, 0.3) is 0 Å². The second-order valence-electron chi connectivity index (χ2n) is 4.43. The summed E-state index contributed by atoms with van der Waals surface area (Å²) in [7, 11) is 0. The lowest BCUT2D eigenvalue weighted by Crippen LogP contribution is -2.14. The van der Waals surface area contributed by atoms with Crippen LogP contribution in [0.3, 0.4) is 0 Å². The van der Waals surface area contributed by atoms with Gasteiger partial charge in [-0.05, 0) is 35.1 Å². The monoisotopic (exact) mass is 239 g/mol. The molecule has 0 spiro atoms. The summed E-state index contributed by atoms with van der Waals surface area (Å²) < 4.78 is 1.12. The van der Waals surface area contributed by atoms with Crippen LogP contribution in [-0.4, -0.2) is 0 Å².